The summed E-state index contributed by atoms with van der Waals surface area (Å²) in [6.07, 6.45) is 2.59. The van der Waals surface area contributed by atoms with Crippen LogP contribution in [0.5, 0.6) is 0 Å². The van der Waals surface area contributed by atoms with Crippen LogP contribution in [-0.2, 0) is 11.3 Å². The number of benzene rings is 1. The zero-order chi connectivity index (χ0) is 21.7. The molecule has 0 aliphatic carbocycles. The van der Waals surface area contributed by atoms with Crippen LogP contribution in [-0.4, -0.2) is 35.4 Å². The van der Waals surface area contributed by atoms with Crippen molar-refractivity contribution in [2.45, 2.75) is 33.7 Å². The number of carbonyl (C=O) groups is 2. The van der Waals surface area contributed by atoms with Gasteiger partial charge in [0.05, 0.1) is 10.6 Å². The first-order valence-electron chi connectivity index (χ1n) is 9.30. The zero-order valence-electron chi connectivity index (χ0n) is 17.3. The van der Waals surface area contributed by atoms with Crippen LogP contribution in [0.2, 0.25) is 5.02 Å². The first-order valence-corrected chi connectivity index (χ1v) is 9.68. The summed E-state index contributed by atoms with van der Waals surface area (Å²) in [5.74, 6) is -0.761. The van der Waals surface area contributed by atoms with Crippen molar-refractivity contribution < 1.29 is 9.59 Å². The molecule has 2 rings (SSSR count). The molecule has 0 aliphatic heterocycles. The third kappa shape index (κ3) is 5.07. The highest BCUT2D eigenvalue weighted by Gasteiger charge is 2.16. The molecule has 0 spiro atoms. The molecule has 0 saturated heterocycles. The maximum absolute atomic E-state index is 12.6. The highest BCUT2D eigenvalue weighted by molar-refractivity contribution is 6.34. The Balaban J connectivity index is 2.26. The predicted molar refractivity (Wildman–Crippen MR) is 116 cm³/mol. The Morgan fingerprint density at radius 2 is 1.97 bits per heavy atom. The molecule has 152 valence electrons. The molecular weight excluding hydrogens is 388 g/mol. The molecule has 0 bridgehead atoms. The third-order valence-electron chi connectivity index (χ3n) is 4.59. The minimum absolute atomic E-state index is 0.00804. The van der Waals surface area contributed by atoms with Gasteiger partial charge in [0.15, 0.2) is 0 Å². The average Bonchev–Trinajstić information content (AvgIpc) is 2.93. The number of aryl methyl sites for hydroxylation is 1. The molecule has 1 aromatic carbocycles. The van der Waals surface area contributed by atoms with Crippen molar-refractivity contribution in [1.82, 2.24) is 9.47 Å². The molecule has 1 aromatic heterocycles. The lowest BCUT2D eigenvalue weighted by atomic mass is 10.1. The van der Waals surface area contributed by atoms with Crippen LogP contribution in [0.4, 0.5) is 5.69 Å². The van der Waals surface area contributed by atoms with Crippen LogP contribution >= 0.6 is 11.6 Å². The Bertz CT molecular complexity index is 1010. The van der Waals surface area contributed by atoms with Gasteiger partial charge in [-0.1, -0.05) is 18.5 Å². The molecule has 0 fully saturated rings. The van der Waals surface area contributed by atoms with E-state index in [4.69, 9.17) is 11.6 Å². The topological polar surface area (TPSA) is 78.1 Å². The van der Waals surface area contributed by atoms with Gasteiger partial charge in [0, 0.05) is 37.7 Å². The number of hydrogen-bond donors (Lipinski definition) is 1. The van der Waals surface area contributed by atoms with Gasteiger partial charge in [-0.05, 0) is 56.2 Å². The number of rotatable bonds is 6. The van der Waals surface area contributed by atoms with Crippen molar-refractivity contribution in [3.63, 3.8) is 0 Å². The number of nitrogens with one attached hydrogen (secondary N) is 1. The van der Waals surface area contributed by atoms with E-state index >= 15 is 0 Å². The van der Waals surface area contributed by atoms with Gasteiger partial charge in [-0.3, -0.25) is 9.59 Å². The zero-order valence-corrected chi connectivity index (χ0v) is 18.1. The highest BCUT2D eigenvalue weighted by atomic mass is 35.5. The number of halogens is 1. The molecule has 0 aliphatic rings. The number of amides is 2. The second kappa shape index (κ2) is 9.44. The van der Waals surface area contributed by atoms with Crippen molar-refractivity contribution in [3.8, 4) is 6.07 Å². The molecule has 2 amide bonds. The number of anilines is 1. The van der Waals surface area contributed by atoms with Crippen LogP contribution in [0.1, 0.15) is 40.7 Å². The maximum Gasteiger partial charge on any atom is 0.266 e. The van der Waals surface area contributed by atoms with E-state index in [1.165, 1.54) is 11.0 Å². The fourth-order valence-corrected chi connectivity index (χ4v) is 3.31. The van der Waals surface area contributed by atoms with E-state index < -0.39 is 5.91 Å². The third-order valence-corrected chi connectivity index (χ3v) is 4.90. The molecular formula is C22H25ClN4O2. The molecule has 0 radical (unpaired) electrons. The number of carbonyl (C=O) groups excluding carboxylic acids is 2. The lowest BCUT2D eigenvalue weighted by Crippen LogP contribution is -2.22. The van der Waals surface area contributed by atoms with Crippen LogP contribution in [0.25, 0.3) is 6.08 Å². The second-order valence-corrected chi connectivity index (χ2v) is 7.40. The Kier molecular flexibility index (Phi) is 7.24. The number of aromatic nitrogens is 1. The van der Waals surface area contributed by atoms with Crippen LogP contribution in [0.15, 0.2) is 29.8 Å². The molecule has 2 aromatic rings. The summed E-state index contributed by atoms with van der Waals surface area (Å²) in [5, 5.41) is 12.4. The van der Waals surface area contributed by atoms with E-state index in [0.717, 1.165) is 29.9 Å². The van der Waals surface area contributed by atoms with Crippen molar-refractivity contribution in [3.05, 3.63) is 57.4 Å². The molecule has 0 saturated carbocycles. The quantitative estimate of drug-likeness (QED) is 0.563. The number of nitrogens with zero attached hydrogens (tertiary/aromatic N) is 3. The number of hydrogen-bond acceptors (Lipinski definition) is 3. The lowest BCUT2D eigenvalue weighted by molar-refractivity contribution is -0.112. The first-order chi connectivity index (χ1) is 13.7. The van der Waals surface area contributed by atoms with E-state index in [2.05, 4.69) is 16.8 Å². The molecule has 0 atom stereocenters. The molecule has 0 unspecified atom stereocenters. The minimum Gasteiger partial charge on any atom is -0.349 e. The summed E-state index contributed by atoms with van der Waals surface area (Å²) in [5.41, 5.74) is 3.68. The first kappa shape index (κ1) is 22.3. The Labute approximate surface area is 176 Å². The van der Waals surface area contributed by atoms with E-state index in [9.17, 15) is 14.9 Å². The molecule has 29 heavy (non-hydrogen) atoms. The monoisotopic (exact) mass is 412 g/mol. The van der Waals surface area contributed by atoms with E-state index in [-0.39, 0.29) is 16.5 Å². The summed E-state index contributed by atoms with van der Waals surface area (Å²) in [6, 6.07) is 8.56. The van der Waals surface area contributed by atoms with E-state index in [0.29, 0.717) is 11.3 Å². The van der Waals surface area contributed by atoms with Crippen LogP contribution < -0.4 is 5.32 Å². The van der Waals surface area contributed by atoms with E-state index in [1.807, 2.05) is 26.0 Å². The molecule has 1 heterocycles. The smallest absolute Gasteiger partial charge is 0.266 e. The summed E-state index contributed by atoms with van der Waals surface area (Å²) >= 11 is 6.18. The lowest BCUT2D eigenvalue weighted by Gasteiger charge is -2.12. The fourth-order valence-electron chi connectivity index (χ4n) is 3.05. The molecule has 1 N–H and O–H groups in total. The van der Waals surface area contributed by atoms with Gasteiger partial charge >= 0.3 is 0 Å². The van der Waals surface area contributed by atoms with Crippen molar-refractivity contribution >= 4 is 35.2 Å². The normalized spacial score (nSPS) is 11.1. The largest absolute Gasteiger partial charge is 0.349 e. The Morgan fingerprint density at radius 1 is 1.28 bits per heavy atom. The fraction of sp³-hybridized carbons (Fsp3) is 0.318. The van der Waals surface area contributed by atoms with Crippen molar-refractivity contribution in [2.24, 2.45) is 0 Å². The SMILES string of the molecule is CCCn1c(C)cc(/C=C(/C#N)C(=O)Nc2ccc(C(=O)N(C)C)c(Cl)c2)c1C. The average molecular weight is 413 g/mol. The number of nitriles is 1. The van der Waals surface area contributed by atoms with Gasteiger partial charge in [0.25, 0.3) is 11.8 Å². The van der Waals surface area contributed by atoms with Gasteiger partial charge < -0.3 is 14.8 Å². The van der Waals surface area contributed by atoms with Crippen LogP contribution in [0, 0.1) is 25.2 Å². The van der Waals surface area contributed by atoms with E-state index in [1.54, 1.807) is 32.3 Å². The highest BCUT2D eigenvalue weighted by Crippen LogP contribution is 2.23. The second-order valence-electron chi connectivity index (χ2n) is 7.00. The van der Waals surface area contributed by atoms with Gasteiger partial charge in [0.1, 0.15) is 11.6 Å². The predicted octanol–water partition coefficient (Wildman–Crippen LogP) is 4.42. The van der Waals surface area contributed by atoms with Crippen molar-refractivity contribution in [2.75, 3.05) is 19.4 Å². The van der Waals surface area contributed by atoms with Gasteiger partial charge in [0.2, 0.25) is 0 Å². The Hall–Kier alpha value is -3.04. The van der Waals surface area contributed by atoms with Crippen LogP contribution in [0.3, 0.4) is 0 Å². The summed E-state index contributed by atoms with van der Waals surface area (Å²) in [4.78, 5) is 26.1. The van der Waals surface area contributed by atoms with Gasteiger partial charge in [-0.25, -0.2) is 0 Å². The van der Waals surface area contributed by atoms with Gasteiger partial charge in [-0.2, -0.15) is 5.26 Å². The minimum atomic E-state index is -0.532. The molecule has 6 nitrogen and oxygen atoms in total. The van der Waals surface area contributed by atoms with Gasteiger partial charge in [-0.15, -0.1) is 0 Å². The standard InChI is InChI=1S/C22H25ClN4O2/c1-6-9-27-14(2)10-16(15(27)3)11-17(13-24)21(28)25-18-7-8-19(20(23)12-18)22(29)26(4)5/h7-8,10-12H,6,9H2,1-5H3,(H,25,28)/b17-11-. The summed E-state index contributed by atoms with van der Waals surface area (Å²) in [7, 11) is 3.27. The maximum atomic E-state index is 12.6. The Morgan fingerprint density at radius 3 is 2.52 bits per heavy atom. The van der Waals surface area contributed by atoms with Crippen molar-refractivity contribution in [1.29, 1.82) is 5.26 Å². The molecule has 7 heteroatoms. The summed E-state index contributed by atoms with van der Waals surface area (Å²) < 4.78 is 2.17. The summed E-state index contributed by atoms with van der Waals surface area (Å²) in [6.45, 7) is 6.97.